The molecule has 80 valence electrons. The van der Waals surface area contributed by atoms with E-state index in [0.717, 1.165) is 18.6 Å². The molecule has 1 saturated carbocycles. The third-order valence-corrected chi connectivity index (χ3v) is 2.63. The van der Waals surface area contributed by atoms with E-state index in [9.17, 15) is 4.79 Å². The zero-order valence-electron chi connectivity index (χ0n) is 8.91. The van der Waals surface area contributed by atoms with Crippen LogP contribution in [-0.2, 0) is 9.63 Å². The summed E-state index contributed by atoms with van der Waals surface area (Å²) in [6.07, 6.45) is 3.53. The van der Waals surface area contributed by atoms with E-state index < -0.39 is 11.6 Å². The molecule has 0 bridgehead atoms. The molecule has 0 aromatic heterocycles. The van der Waals surface area contributed by atoms with Gasteiger partial charge in [0.1, 0.15) is 0 Å². The molecule has 0 radical (unpaired) electrons. The first-order valence-corrected chi connectivity index (χ1v) is 4.89. The van der Waals surface area contributed by atoms with E-state index in [1.54, 1.807) is 0 Å². The molecule has 0 spiro atoms. The number of hydrogen-bond donors (Lipinski definition) is 1. The lowest BCUT2D eigenvalue weighted by Crippen LogP contribution is -2.33. The summed E-state index contributed by atoms with van der Waals surface area (Å²) in [5, 5.41) is 12.6. The molecule has 1 N–H and O–H groups in total. The molecule has 1 aliphatic rings. The lowest BCUT2D eigenvalue weighted by atomic mass is 9.82. The molecular weight excluding hydrogens is 182 g/mol. The largest absolute Gasteiger partial charge is 0.478 e. The Balaban J connectivity index is 2.48. The number of carboxylic acids is 1. The smallest absolute Gasteiger partial charge is 0.350 e. The maximum atomic E-state index is 10.7. The fraction of sp³-hybridized carbons (Fsp3) is 0.800. The number of oxime groups is 1. The van der Waals surface area contributed by atoms with Crippen LogP contribution in [0.5, 0.6) is 0 Å². The maximum absolute atomic E-state index is 10.7. The fourth-order valence-electron chi connectivity index (χ4n) is 1.13. The van der Waals surface area contributed by atoms with Crippen molar-refractivity contribution in [2.24, 2.45) is 11.1 Å². The van der Waals surface area contributed by atoms with Gasteiger partial charge in [-0.25, -0.2) is 4.79 Å². The van der Waals surface area contributed by atoms with Gasteiger partial charge in [-0.05, 0) is 33.6 Å². The molecule has 0 aromatic carbocycles. The molecule has 0 amide bonds. The lowest BCUT2D eigenvalue weighted by Gasteiger charge is -2.25. The van der Waals surface area contributed by atoms with Crippen molar-refractivity contribution in [3.63, 3.8) is 0 Å². The van der Waals surface area contributed by atoms with Gasteiger partial charge in [-0.3, -0.25) is 0 Å². The summed E-state index contributed by atoms with van der Waals surface area (Å²) < 4.78 is 0. The normalized spacial score (nSPS) is 18.9. The molecule has 0 saturated heterocycles. The quantitative estimate of drug-likeness (QED) is 0.556. The van der Waals surface area contributed by atoms with Crippen LogP contribution >= 0.6 is 0 Å². The Bertz CT molecular complexity index is 254. The minimum Gasteiger partial charge on any atom is -0.478 e. The van der Waals surface area contributed by atoms with Crippen molar-refractivity contribution < 1.29 is 14.7 Å². The average Bonchev–Trinajstić information content (AvgIpc) is 1.97. The van der Waals surface area contributed by atoms with Crippen molar-refractivity contribution in [3.05, 3.63) is 0 Å². The summed E-state index contributed by atoms with van der Waals surface area (Å²) in [5.74, 6) is -0.498. The van der Waals surface area contributed by atoms with Crippen LogP contribution < -0.4 is 0 Å². The lowest BCUT2D eigenvalue weighted by molar-refractivity contribution is -0.161. The zero-order chi connectivity index (χ0) is 10.8. The van der Waals surface area contributed by atoms with Crippen LogP contribution in [0.2, 0.25) is 0 Å². The Hall–Kier alpha value is -1.06. The third-order valence-electron chi connectivity index (χ3n) is 2.63. The van der Waals surface area contributed by atoms with E-state index >= 15 is 0 Å². The molecule has 1 aliphatic carbocycles. The summed E-state index contributed by atoms with van der Waals surface area (Å²) >= 11 is 0. The van der Waals surface area contributed by atoms with Gasteiger partial charge in [0.15, 0.2) is 0 Å². The van der Waals surface area contributed by atoms with Crippen molar-refractivity contribution in [2.45, 2.75) is 45.6 Å². The molecule has 14 heavy (non-hydrogen) atoms. The summed E-state index contributed by atoms with van der Waals surface area (Å²) in [4.78, 5) is 15.7. The van der Waals surface area contributed by atoms with Crippen molar-refractivity contribution in [1.82, 2.24) is 0 Å². The second kappa shape index (κ2) is 3.98. The Morgan fingerprint density at radius 2 is 2.07 bits per heavy atom. The third kappa shape index (κ3) is 2.47. The number of carbonyl (C=O) groups is 1. The van der Waals surface area contributed by atoms with Gasteiger partial charge < -0.3 is 9.94 Å². The van der Waals surface area contributed by atoms with Crippen molar-refractivity contribution in [2.75, 3.05) is 0 Å². The standard InChI is InChI=1S/C10H17NO3/c1-7(8-5-4-6-8)11-14-10(2,3)9(12)13/h8H,4-6H2,1-3H3,(H,12,13). The number of nitrogens with zero attached hydrogens (tertiary/aromatic N) is 1. The molecule has 0 aliphatic heterocycles. The van der Waals surface area contributed by atoms with Gasteiger partial charge in [0.2, 0.25) is 5.60 Å². The van der Waals surface area contributed by atoms with E-state index in [-0.39, 0.29) is 0 Å². The molecule has 0 atom stereocenters. The minimum absolute atomic E-state index is 0.500. The summed E-state index contributed by atoms with van der Waals surface area (Å²) in [6, 6.07) is 0. The van der Waals surface area contributed by atoms with E-state index in [1.807, 2.05) is 6.92 Å². The summed E-state index contributed by atoms with van der Waals surface area (Å²) in [6.45, 7) is 4.88. The van der Waals surface area contributed by atoms with Gasteiger partial charge in [0, 0.05) is 5.92 Å². The van der Waals surface area contributed by atoms with Crippen LogP contribution in [-0.4, -0.2) is 22.4 Å². The molecule has 1 fully saturated rings. The van der Waals surface area contributed by atoms with E-state index in [4.69, 9.17) is 9.94 Å². The van der Waals surface area contributed by atoms with Crippen LogP contribution in [0.25, 0.3) is 0 Å². The number of hydrogen-bond acceptors (Lipinski definition) is 3. The van der Waals surface area contributed by atoms with Gasteiger partial charge in [-0.2, -0.15) is 0 Å². The molecule has 1 rings (SSSR count). The van der Waals surface area contributed by atoms with Crippen LogP contribution in [0.1, 0.15) is 40.0 Å². The molecule has 0 heterocycles. The predicted octanol–water partition coefficient (Wildman–Crippen LogP) is 2.04. The summed E-state index contributed by atoms with van der Waals surface area (Å²) in [5.41, 5.74) is -0.323. The van der Waals surface area contributed by atoms with Gasteiger partial charge in [-0.1, -0.05) is 11.6 Å². The first-order valence-electron chi connectivity index (χ1n) is 4.89. The van der Waals surface area contributed by atoms with Crippen molar-refractivity contribution in [1.29, 1.82) is 0 Å². The second-order valence-electron chi connectivity index (χ2n) is 4.27. The van der Waals surface area contributed by atoms with E-state index in [2.05, 4.69) is 5.16 Å². The van der Waals surface area contributed by atoms with E-state index in [0.29, 0.717) is 5.92 Å². The van der Waals surface area contributed by atoms with Crippen LogP contribution in [0.4, 0.5) is 0 Å². The average molecular weight is 199 g/mol. The number of rotatable bonds is 4. The number of carboxylic acid groups (broad SMARTS) is 1. The number of aliphatic carboxylic acids is 1. The van der Waals surface area contributed by atoms with Crippen LogP contribution in [0, 0.1) is 5.92 Å². The minimum atomic E-state index is -1.23. The molecular formula is C10H17NO3. The molecule has 4 heteroatoms. The second-order valence-corrected chi connectivity index (χ2v) is 4.27. The van der Waals surface area contributed by atoms with Gasteiger partial charge in [0.05, 0.1) is 5.71 Å². The Morgan fingerprint density at radius 1 is 1.50 bits per heavy atom. The van der Waals surface area contributed by atoms with Crippen LogP contribution in [0.3, 0.4) is 0 Å². The SMILES string of the molecule is CC(=NOC(C)(C)C(=O)O)C1CCC1. The first kappa shape index (κ1) is 11.0. The Morgan fingerprint density at radius 3 is 2.43 bits per heavy atom. The molecule has 4 nitrogen and oxygen atoms in total. The Labute approximate surface area is 83.9 Å². The highest BCUT2D eigenvalue weighted by molar-refractivity contribution is 5.84. The Kier molecular flexibility index (Phi) is 3.13. The highest BCUT2D eigenvalue weighted by atomic mass is 16.7. The molecule has 0 aromatic rings. The first-order chi connectivity index (χ1) is 6.43. The van der Waals surface area contributed by atoms with Gasteiger partial charge >= 0.3 is 5.97 Å². The molecule has 0 unspecified atom stereocenters. The monoisotopic (exact) mass is 199 g/mol. The van der Waals surface area contributed by atoms with Crippen molar-refractivity contribution >= 4 is 11.7 Å². The fourth-order valence-corrected chi connectivity index (χ4v) is 1.13. The van der Waals surface area contributed by atoms with Crippen LogP contribution in [0.15, 0.2) is 5.16 Å². The highest BCUT2D eigenvalue weighted by Crippen LogP contribution is 2.28. The topological polar surface area (TPSA) is 58.9 Å². The summed E-state index contributed by atoms with van der Waals surface area (Å²) in [7, 11) is 0. The van der Waals surface area contributed by atoms with Gasteiger partial charge in [-0.15, -0.1) is 0 Å². The zero-order valence-corrected chi connectivity index (χ0v) is 8.91. The van der Waals surface area contributed by atoms with E-state index in [1.165, 1.54) is 20.3 Å². The van der Waals surface area contributed by atoms with Gasteiger partial charge in [0.25, 0.3) is 0 Å². The highest BCUT2D eigenvalue weighted by Gasteiger charge is 2.30. The predicted molar refractivity (Wildman–Crippen MR) is 53.2 cm³/mol. The maximum Gasteiger partial charge on any atom is 0.350 e. The van der Waals surface area contributed by atoms with Crippen molar-refractivity contribution in [3.8, 4) is 0 Å².